The van der Waals surface area contributed by atoms with Gasteiger partial charge in [0, 0.05) is 10.6 Å². The van der Waals surface area contributed by atoms with Gasteiger partial charge in [-0.25, -0.2) is 5.43 Å². The highest BCUT2D eigenvalue weighted by Gasteiger charge is 2.11. The molecule has 3 aromatic rings. The number of rotatable bonds is 8. The first kappa shape index (κ1) is 24.1. The molecule has 0 saturated carbocycles. The summed E-state index contributed by atoms with van der Waals surface area (Å²) in [5.41, 5.74) is 5.78. The van der Waals surface area contributed by atoms with Crippen molar-refractivity contribution >= 4 is 51.3 Å². The lowest BCUT2D eigenvalue weighted by Crippen LogP contribution is -2.24. The molecule has 2 aromatic carbocycles. The van der Waals surface area contributed by atoms with Crippen molar-refractivity contribution in [3.8, 4) is 11.5 Å². The Morgan fingerprint density at radius 1 is 1.22 bits per heavy atom. The Bertz CT molecular complexity index is 1160. The Morgan fingerprint density at radius 3 is 2.62 bits per heavy atom. The van der Waals surface area contributed by atoms with Gasteiger partial charge in [0.05, 0.1) is 34.2 Å². The van der Waals surface area contributed by atoms with Crippen LogP contribution in [0.3, 0.4) is 0 Å². The molecule has 3 rings (SSSR count). The maximum absolute atomic E-state index is 12.2. The SMILES string of the molecule is COc1ccc(C=NNC(=O)Cn2nc(C)c(Br)c2C)cc1COc1ccc(Cl)cc1Cl. The fraction of sp³-hybridized carbons (Fsp3) is 0.227. The number of hydrogen-bond acceptors (Lipinski definition) is 5. The zero-order valence-electron chi connectivity index (χ0n) is 17.7. The van der Waals surface area contributed by atoms with Crippen molar-refractivity contribution in [1.29, 1.82) is 0 Å². The molecule has 1 amide bonds. The van der Waals surface area contributed by atoms with Crippen LogP contribution in [0.2, 0.25) is 10.0 Å². The first-order valence-electron chi connectivity index (χ1n) is 9.54. The maximum Gasteiger partial charge on any atom is 0.261 e. The third kappa shape index (κ3) is 6.03. The van der Waals surface area contributed by atoms with Gasteiger partial charge in [0.15, 0.2) is 0 Å². The number of ether oxygens (including phenoxy) is 2. The van der Waals surface area contributed by atoms with E-state index in [4.69, 9.17) is 32.7 Å². The monoisotopic (exact) mass is 538 g/mol. The normalized spacial score (nSPS) is 11.1. The Morgan fingerprint density at radius 2 is 1.97 bits per heavy atom. The molecule has 0 saturated heterocycles. The van der Waals surface area contributed by atoms with Crippen LogP contribution < -0.4 is 14.9 Å². The van der Waals surface area contributed by atoms with Crippen LogP contribution in [-0.2, 0) is 17.9 Å². The lowest BCUT2D eigenvalue weighted by atomic mass is 10.1. The van der Waals surface area contributed by atoms with E-state index in [-0.39, 0.29) is 19.1 Å². The van der Waals surface area contributed by atoms with Crippen molar-refractivity contribution in [1.82, 2.24) is 15.2 Å². The standard InChI is InChI=1S/C22H21BrCl2N4O3/c1-13-22(23)14(2)29(28-13)11-21(30)27-26-10-15-4-6-19(31-3)16(8-15)12-32-20-7-5-17(24)9-18(20)25/h4-10H,11-12H2,1-3H3,(H,27,30). The summed E-state index contributed by atoms with van der Waals surface area (Å²) < 4.78 is 13.7. The minimum absolute atomic E-state index is 0.0686. The van der Waals surface area contributed by atoms with Gasteiger partial charge in [0.2, 0.25) is 0 Å². The van der Waals surface area contributed by atoms with Crippen molar-refractivity contribution in [3.63, 3.8) is 0 Å². The lowest BCUT2D eigenvalue weighted by molar-refractivity contribution is -0.121. The summed E-state index contributed by atoms with van der Waals surface area (Å²) in [5.74, 6) is 0.889. The summed E-state index contributed by atoms with van der Waals surface area (Å²) in [4.78, 5) is 12.2. The smallest absolute Gasteiger partial charge is 0.261 e. The van der Waals surface area contributed by atoms with E-state index in [1.54, 1.807) is 42.3 Å². The van der Waals surface area contributed by atoms with Crippen LogP contribution in [0.25, 0.3) is 0 Å². The van der Waals surface area contributed by atoms with Gasteiger partial charge in [-0.3, -0.25) is 9.48 Å². The first-order chi connectivity index (χ1) is 15.3. The molecule has 0 aliphatic carbocycles. The molecule has 0 atom stereocenters. The molecule has 10 heteroatoms. The second kappa shape index (κ2) is 10.8. The van der Waals surface area contributed by atoms with Crippen LogP contribution in [0, 0.1) is 13.8 Å². The average Bonchev–Trinajstić information content (AvgIpc) is 2.99. The Labute approximate surface area is 204 Å². The number of carbonyl (C=O) groups excluding carboxylic acids is 1. The third-order valence-electron chi connectivity index (χ3n) is 4.57. The fourth-order valence-electron chi connectivity index (χ4n) is 2.92. The summed E-state index contributed by atoms with van der Waals surface area (Å²) in [6, 6.07) is 10.5. The molecular weight excluding hydrogens is 519 g/mol. The number of carbonyl (C=O) groups is 1. The van der Waals surface area contributed by atoms with Crippen LogP contribution >= 0.6 is 39.1 Å². The molecule has 0 spiro atoms. The van der Waals surface area contributed by atoms with Gasteiger partial charge in [-0.2, -0.15) is 10.2 Å². The van der Waals surface area contributed by atoms with Crippen molar-refractivity contribution in [2.45, 2.75) is 27.0 Å². The molecule has 0 aliphatic rings. The van der Waals surface area contributed by atoms with Crippen LogP contribution in [0.15, 0.2) is 46.0 Å². The number of aryl methyl sites for hydroxylation is 1. The van der Waals surface area contributed by atoms with Crippen LogP contribution in [-0.4, -0.2) is 29.0 Å². The second-order valence-corrected chi connectivity index (χ2v) is 8.51. The highest BCUT2D eigenvalue weighted by atomic mass is 79.9. The van der Waals surface area contributed by atoms with E-state index in [2.05, 4.69) is 31.6 Å². The topological polar surface area (TPSA) is 77.7 Å². The zero-order valence-corrected chi connectivity index (χ0v) is 20.8. The number of nitrogens with one attached hydrogen (secondary N) is 1. The van der Waals surface area contributed by atoms with E-state index in [1.807, 2.05) is 26.0 Å². The Hall–Kier alpha value is -2.55. The number of benzene rings is 2. The summed E-state index contributed by atoms with van der Waals surface area (Å²) >= 11 is 15.5. The van der Waals surface area contributed by atoms with Crippen LogP contribution in [0.4, 0.5) is 0 Å². The summed E-state index contributed by atoms with van der Waals surface area (Å²) in [6.07, 6.45) is 1.55. The van der Waals surface area contributed by atoms with Gasteiger partial charge in [0.1, 0.15) is 24.7 Å². The van der Waals surface area contributed by atoms with Crippen molar-refractivity contribution in [2.24, 2.45) is 5.10 Å². The van der Waals surface area contributed by atoms with Gasteiger partial charge < -0.3 is 9.47 Å². The molecule has 7 nitrogen and oxygen atoms in total. The van der Waals surface area contributed by atoms with Crippen molar-refractivity contribution in [3.05, 3.63) is 73.4 Å². The van der Waals surface area contributed by atoms with Crippen molar-refractivity contribution < 1.29 is 14.3 Å². The van der Waals surface area contributed by atoms with E-state index in [1.165, 1.54) is 0 Å². The lowest BCUT2D eigenvalue weighted by Gasteiger charge is -2.12. The number of hydrogen-bond donors (Lipinski definition) is 1. The molecule has 0 bridgehead atoms. The van der Waals surface area contributed by atoms with Crippen LogP contribution in [0.5, 0.6) is 11.5 Å². The molecule has 0 unspecified atom stereocenters. The third-order valence-corrected chi connectivity index (χ3v) is 6.25. The van der Waals surface area contributed by atoms with Gasteiger partial charge in [-0.05, 0) is 71.7 Å². The number of halogens is 3. The minimum Gasteiger partial charge on any atom is -0.496 e. The van der Waals surface area contributed by atoms with E-state index >= 15 is 0 Å². The number of hydrazone groups is 1. The minimum atomic E-state index is -0.284. The highest BCUT2D eigenvalue weighted by molar-refractivity contribution is 9.10. The summed E-state index contributed by atoms with van der Waals surface area (Å²) in [5, 5.41) is 9.31. The number of methoxy groups -OCH3 is 1. The molecule has 1 N–H and O–H groups in total. The van der Waals surface area contributed by atoms with E-state index in [0.717, 1.165) is 27.0 Å². The molecule has 0 fully saturated rings. The molecule has 0 aliphatic heterocycles. The number of aromatic nitrogens is 2. The molecule has 1 heterocycles. The van der Waals surface area contributed by atoms with Gasteiger partial charge in [-0.1, -0.05) is 23.2 Å². The number of amides is 1. The highest BCUT2D eigenvalue weighted by Crippen LogP contribution is 2.29. The quantitative estimate of drug-likeness (QED) is 0.311. The molecule has 1 aromatic heterocycles. The Kier molecular flexibility index (Phi) is 8.17. The van der Waals surface area contributed by atoms with E-state index < -0.39 is 0 Å². The molecule has 32 heavy (non-hydrogen) atoms. The van der Waals surface area contributed by atoms with Crippen molar-refractivity contribution in [2.75, 3.05) is 7.11 Å². The zero-order chi connectivity index (χ0) is 23.3. The maximum atomic E-state index is 12.2. The number of nitrogens with zero attached hydrogens (tertiary/aromatic N) is 3. The molecular formula is C22H21BrCl2N4O3. The summed E-state index contributed by atoms with van der Waals surface area (Å²) in [6.45, 7) is 4.05. The Balaban J connectivity index is 1.64. The van der Waals surface area contributed by atoms with Gasteiger partial charge >= 0.3 is 0 Å². The summed E-state index contributed by atoms with van der Waals surface area (Å²) in [7, 11) is 1.58. The molecule has 0 radical (unpaired) electrons. The van der Waals surface area contributed by atoms with Gasteiger partial charge in [0.25, 0.3) is 5.91 Å². The predicted molar refractivity (Wildman–Crippen MR) is 129 cm³/mol. The predicted octanol–water partition coefficient (Wildman–Crippen LogP) is 5.31. The fourth-order valence-corrected chi connectivity index (χ4v) is 3.67. The van der Waals surface area contributed by atoms with E-state index in [9.17, 15) is 4.79 Å². The molecule has 168 valence electrons. The van der Waals surface area contributed by atoms with Crippen LogP contribution in [0.1, 0.15) is 22.5 Å². The average molecular weight is 540 g/mol. The largest absolute Gasteiger partial charge is 0.496 e. The van der Waals surface area contributed by atoms with Gasteiger partial charge in [-0.15, -0.1) is 0 Å². The second-order valence-electron chi connectivity index (χ2n) is 6.87. The first-order valence-corrected chi connectivity index (χ1v) is 11.1. The van der Waals surface area contributed by atoms with E-state index in [0.29, 0.717) is 21.5 Å².